The topological polar surface area (TPSA) is 48.9 Å². The lowest BCUT2D eigenvalue weighted by molar-refractivity contribution is 0.00534. The molecule has 2 rings (SSSR count). The molecule has 1 heterocycles. The zero-order chi connectivity index (χ0) is 19.9. The molecule has 0 spiro atoms. The maximum atomic E-state index is 6.11. The Hall–Kier alpha value is -1.24. The summed E-state index contributed by atoms with van der Waals surface area (Å²) >= 11 is 1.88. The van der Waals surface area contributed by atoms with Crippen LogP contribution in [0.2, 0.25) is 0 Å². The Morgan fingerprint density at radius 1 is 1.18 bits per heavy atom. The molecule has 1 fully saturated rings. The van der Waals surface area contributed by atoms with Crippen molar-refractivity contribution in [3.8, 4) is 0 Å². The summed E-state index contributed by atoms with van der Waals surface area (Å²) in [6, 6.07) is 10.7. The van der Waals surface area contributed by atoms with E-state index in [2.05, 4.69) is 64.0 Å². The Bertz CT molecular complexity index is 533. The van der Waals surface area contributed by atoms with E-state index in [0.29, 0.717) is 6.10 Å². The number of guanidine groups is 1. The number of hydrogen-bond donors (Lipinski definition) is 2. The fourth-order valence-electron chi connectivity index (χ4n) is 3.35. The standard InChI is InChI=1S/C22H38N4OS/c1-3-23-22(25-14-8-18-28-2)24-13-7-17-27-21-11-15-26(16-12-21)19-20-9-5-4-6-10-20/h4-6,9-10,21H,3,7-8,11-19H2,1-2H3,(H2,23,24,25). The summed E-state index contributed by atoms with van der Waals surface area (Å²) < 4.78 is 6.11. The van der Waals surface area contributed by atoms with Crippen LogP contribution < -0.4 is 10.6 Å². The van der Waals surface area contributed by atoms with Gasteiger partial charge in [0.2, 0.25) is 0 Å². The van der Waals surface area contributed by atoms with Crippen molar-refractivity contribution in [2.45, 2.75) is 45.3 Å². The molecule has 0 aromatic heterocycles. The largest absolute Gasteiger partial charge is 0.378 e. The monoisotopic (exact) mass is 406 g/mol. The molecule has 6 heteroatoms. The van der Waals surface area contributed by atoms with Crippen molar-refractivity contribution in [2.24, 2.45) is 4.99 Å². The van der Waals surface area contributed by atoms with E-state index in [1.54, 1.807) is 0 Å². The van der Waals surface area contributed by atoms with E-state index in [-0.39, 0.29) is 0 Å². The van der Waals surface area contributed by atoms with Gasteiger partial charge in [0.1, 0.15) is 0 Å². The number of piperidine rings is 1. The molecule has 1 aliphatic rings. The molecule has 2 N–H and O–H groups in total. The minimum absolute atomic E-state index is 0.417. The van der Waals surface area contributed by atoms with E-state index in [1.807, 2.05) is 11.8 Å². The molecule has 5 nitrogen and oxygen atoms in total. The second-order valence-electron chi connectivity index (χ2n) is 7.22. The molecule has 0 radical (unpaired) electrons. The van der Waals surface area contributed by atoms with Crippen molar-refractivity contribution >= 4 is 17.7 Å². The molecule has 28 heavy (non-hydrogen) atoms. The molecule has 0 atom stereocenters. The third-order valence-corrected chi connectivity index (χ3v) is 5.57. The van der Waals surface area contributed by atoms with Gasteiger partial charge in [0.25, 0.3) is 0 Å². The zero-order valence-corrected chi connectivity index (χ0v) is 18.5. The summed E-state index contributed by atoms with van der Waals surface area (Å²) in [6.45, 7) is 8.92. The number of ether oxygens (including phenoxy) is 1. The Morgan fingerprint density at radius 2 is 1.96 bits per heavy atom. The van der Waals surface area contributed by atoms with Crippen LogP contribution in [0, 0.1) is 0 Å². The predicted molar refractivity (Wildman–Crippen MR) is 122 cm³/mol. The van der Waals surface area contributed by atoms with Crippen LogP contribution in [0.4, 0.5) is 0 Å². The number of nitrogens with zero attached hydrogens (tertiary/aromatic N) is 2. The fourth-order valence-corrected chi connectivity index (χ4v) is 3.76. The van der Waals surface area contributed by atoms with E-state index < -0.39 is 0 Å². The third kappa shape index (κ3) is 9.80. The van der Waals surface area contributed by atoms with Crippen molar-refractivity contribution in [1.29, 1.82) is 0 Å². The average molecular weight is 407 g/mol. The summed E-state index contributed by atoms with van der Waals surface area (Å²) in [5.74, 6) is 2.10. The zero-order valence-electron chi connectivity index (χ0n) is 17.7. The van der Waals surface area contributed by atoms with Gasteiger partial charge in [0.15, 0.2) is 5.96 Å². The van der Waals surface area contributed by atoms with Crippen molar-refractivity contribution in [2.75, 3.05) is 51.3 Å². The maximum absolute atomic E-state index is 6.11. The average Bonchev–Trinajstić information content (AvgIpc) is 2.73. The highest BCUT2D eigenvalue weighted by Gasteiger charge is 2.19. The smallest absolute Gasteiger partial charge is 0.191 e. The van der Waals surface area contributed by atoms with Gasteiger partial charge < -0.3 is 15.4 Å². The van der Waals surface area contributed by atoms with Crippen LogP contribution in [0.15, 0.2) is 35.3 Å². The molecule has 1 aliphatic heterocycles. The van der Waals surface area contributed by atoms with E-state index in [9.17, 15) is 0 Å². The maximum Gasteiger partial charge on any atom is 0.191 e. The third-order valence-electron chi connectivity index (χ3n) is 4.87. The highest BCUT2D eigenvalue weighted by Crippen LogP contribution is 2.16. The SMILES string of the molecule is CCNC(=NCCCSC)NCCCOC1CCN(Cc2ccccc2)CC1. The van der Waals surface area contributed by atoms with Crippen molar-refractivity contribution in [1.82, 2.24) is 15.5 Å². The number of benzene rings is 1. The molecule has 0 unspecified atom stereocenters. The normalized spacial score (nSPS) is 16.3. The first-order valence-electron chi connectivity index (χ1n) is 10.7. The molecule has 1 aromatic rings. The van der Waals surface area contributed by atoms with Crippen LogP contribution in [-0.4, -0.2) is 68.3 Å². The van der Waals surface area contributed by atoms with Crippen LogP contribution in [-0.2, 0) is 11.3 Å². The van der Waals surface area contributed by atoms with Crippen molar-refractivity contribution < 1.29 is 4.74 Å². The number of hydrogen-bond acceptors (Lipinski definition) is 4. The van der Waals surface area contributed by atoms with Gasteiger partial charge in [-0.2, -0.15) is 11.8 Å². The first-order valence-corrected chi connectivity index (χ1v) is 12.1. The Kier molecular flexibility index (Phi) is 12.1. The van der Waals surface area contributed by atoms with Gasteiger partial charge in [-0.1, -0.05) is 30.3 Å². The lowest BCUT2D eigenvalue weighted by Gasteiger charge is -2.32. The minimum Gasteiger partial charge on any atom is -0.378 e. The van der Waals surface area contributed by atoms with E-state index in [4.69, 9.17) is 4.74 Å². The highest BCUT2D eigenvalue weighted by molar-refractivity contribution is 7.98. The van der Waals surface area contributed by atoms with Gasteiger partial charge in [-0.3, -0.25) is 9.89 Å². The van der Waals surface area contributed by atoms with Crippen LogP contribution >= 0.6 is 11.8 Å². The van der Waals surface area contributed by atoms with E-state index >= 15 is 0 Å². The summed E-state index contributed by atoms with van der Waals surface area (Å²) in [4.78, 5) is 7.15. The molecule has 0 saturated carbocycles. The minimum atomic E-state index is 0.417. The Morgan fingerprint density at radius 3 is 2.68 bits per heavy atom. The molecule has 0 aliphatic carbocycles. The molecule has 0 amide bonds. The van der Waals surface area contributed by atoms with Gasteiger partial charge in [-0.15, -0.1) is 0 Å². The number of aliphatic imine (C=N–C) groups is 1. The van der Waals surface area contributed by atoms with Gasteiger partial charge in [0, 0.05) is 45.9 Å². The summed E-state index contributed by atoms with van der Waals surface area (Å²) in [5.41, 5.74) is 1.40. The van der Waals surface area contributed by atoms with Gasteiger partial charge in [-0.25, -0.2) is 0 Å². The highest BCUT2D eigenvalue weighted by atomic mass is 32.2. The number of rotatable bonds is 12. The van der Waals surface area contributed by atoms with Gasteiger partial charge >= 0.3 is 0 Å². The molecule has 1 aromatic carbocycles. The first kappa shape index (κ1) is 23.0. The first-order chi connectivity index (χ1) is 13.8. The van der Waals surface area contributed by atoms with Crippen molar-refractivity contribution in [3.05, 3.63) is 35.9 Å². The van der Waals surface area contributed by atoms with E-state index in [1.165, 1.54) is 11.3 Å². The lowest BCUT2D eigenvalue weighted by Crippen LogP contribution is -2.39. The fraction of sp³-hybridized carbons (Fsp3) is 0.682. The Balaban J connectivity index is 1.53. The van der Waals surface area contributed by atoms with Crippen LogP contribution in [0.1, 0.15) is 38.2 Å². The second kappa shape index (κ2) is 14.7. The summed E-state index contributed by atoms with van der Waals surface area (Å²) in [7, 11) is 0. The summed E-state index contributed by atoms with van der Waals surface area (Å²) in [6.07, 6.45) is 6.98. The molecule has 1 saturated heterocycles. The molecular formula is C22H38N4OS. The van der Waals surface area contributed by atoms with E-state index in [0.717, 1.165) is 77.5 Å². The van der Waals surface area contributed by atoms with Gasteiger partial charge in [-0.05, 0) is 50.2 Å². The van der Waals surface area contributed by atoms with Gasteiger partial charge in [0.05, 0.1) is 6.10 Å². The molecular weight excluding hydrogens is 368 g/mol. The van der Waals surface area contributed by atoms with Crippen LogP contribution in [0.3, 0.4) is 0 Å². The van der Waals surface area contributed by atoms with Crippen LogP contribution in [0.5, 0.6) is 0 Å². The quantitative estimate of drug-likeness (QED) is 0.317. The predicted octanol–water partition coefficient (Wildman–Crippen LogP) is 3.37. The van der Waals surface area contributed by atoms with Crippen LogP contribution in [0.25, 0.3) is 0 Å². The number of likely N-dealkylation sites (tertiary alicyclic amines) is 1. The van der Waals surface area contributed by atoms with Crippen molar-refractivity contribution in [3.63, 3.8) is 0 Å². The number of nitrogens with one attached hydrogen (secondary N) is 2. The Labute approximate surface area is 175 Å². The lowest BCUT2D eigenvalue weighted by atomic mass is 10.1. The summed E-state index contributed by atoms with van der Waals surface area (Å²) in [5, 5.41) is 6.72. The second-order valence-corrected chi connectivity index (χ2v) is 8.20. The molecule has 0 bridgehead atoms. The number of thioether (sulfide) groups is 1. The molecule has 158 valence electrons.